The van der Waals surface area contributed by atoms with Gasteiger partial charge in [-0.1, -0.05) is 179 Å². The van der Waals surface area contributed by atoms with Crippen LogP contribution in [0.2, 0.25) is 0 Å². The summed E-state index contributed by atoms with van der Waals surface area (Å²) in [6.45, 7) is 2.57. The first-order valence-corrected chi connectivity index (χ1v) is 32.3. The number of carbonyl (C=O) groups is 3. The lowest BCUT2D eigenvalue weighted by atomic mass is 10.1. The van der Waals surface area contributed by atoms with E-state index in [1.165, 1.54) is 77.0 Å². The second-order valence-corrected chi connectivity index (χ2v) is 22.7. The molecule has 0 aromatic heterocycles. The van der Waals surface area contributed by atoms with Gasteiger partial charge in [-0.05, 0) is 89.9 Å². The normalized spacial score (nSPS) is 14.8. The highest BCUT2D eigenvalue weighted by Gasteiger charge is 2.29. The predicted molar refractivity (Wildman–Crippen MR) is 298 cm³/mol. The summed E-state index contributed by atoms with van der Waals surface area (Å²) in [5.74, 6) is -1.60. The summed E-state index contributed by atoms with van der Waals surface area (Å²) in [5, 5.41) is 20.4. The fourth-order valence-corrected chi connectivity index (χ4v) is 9.30. The number of carbonyl (C=O) groups excluding carboxylic acids is 3. The van der Waals surface area contributed by atoms with E-state index in [0.717, 1.165) is 116 Å². The Hall–Kier alpha value is -2.23. The van der Waals surface area contributed by atoms with E-state index in [1.54, 1.807) is 0 Å². The van der Waals surface area contributed by atoms with Crippen molar-refractivity contribution in [3.8, 4) is 0 Å². The van der Waals surface area contributed by atoms with Crippen molar-refractivity contribution < 1.29 is 75.8 Å². The summed E-state index contributed by atoms with van der Waals surface area (Å²) in [7, 11) is -9.74. The van der Waals surface area contributed by atoms with Crippen molar-refractivity contribution in [1.29, 1.82) is 0 Å². The van der Waals surface area contributed by atoms with Gasteiger partial charge in [-0.15, -0.1) is 0 Å². The van der Waals surface area contributed by atoms with Crippen LogP contribution >= 0.6 is 15.6 Å². The number of aliphatic hydroxyl groups excluding tert-OH is 2. The Labute approximate surface area is 454 Å². The van der Waals surface area contributed by atoms with E-state index in [0.29, 0.717) is 19.3 Å². The van der Waals surface area contributed by atoms with Gasteiger partial charge in [0.25, 0.3) is 0 Å². The molecule has 0 rings (SSSR count). The van der Waals surface area contributed by atoms with Crippen LogP contribution in [0.5, 0.6) is 0 Å². The van der Waals surface area contributed by atoms with Crippen molar-refractivity contribution in [3.63, 3.8) is 0 Å². The van der Waals surface area contributed by atoms with Crippen LogP contribution in [0.15, 0.2) is 36.5 Å². The minimum Gasteiger partial charge on any atom is -0.463 e. The summed E-state index contributed by atoms with van der Waals surface area (Å²) in [4.78, 5) is 57.9. The third-order valence-corrected chi connectivity index (χ3v) is 14.2. The van der Waals surface area contributed by atoms with E-state index >= 15 is 0 Å². The molecule has 16 nitrogen and oxygen atoms in total. The first-order chi connectivity index (χ1) is 36.2. The molecular weight excluding hydrogens is 1000 g/mol. The van der Waals surface area contributed by atoms with Gasteiger partial charge in [-0.3, -0.25) is 32.5 Å². The zero-order valence-corrected chi connectivity index (χ0v) is 48.8. The van der Waals surface area contributed by atoms with Crippen LogP contribution in [0, 0.1) is 0 Å². The number of aliphatic hydroxyl groups is 2. The van der Waals surface area contributed by atoms with Gasteiger partial charge in [0, 0.05) is 19.3 Å². The number of rotatable bonds is 56. The molecule has 0 aliphatic rings. The van der Waals surface area contributed by atoms with Crippen LogP contribution in [-0.2, 0) is 55.8 Å². The van der Waals surface area contributed by atoms with Crippen molar-refractivity contribution >= 4 is 33.6 Å². The molecular formula is C57H106O16P2. The molecule has 18 heteroatoms. The van der Waals surface area contributed by atoms with Crippen LogP contribution in [0.4, 0.5) is 0 Å². The average Bonchev–Trinajstić information content (AvgIpc) is 3.38. The highest BCUT2D eigenvalue weighted by atomic mass is 31.2. The summed E-state index contributed by atoms with van der Waals surface area (Å²) in [6, 6.07) is 0. The molecule has 0 bridgehead atoms. The molecule has 0 saturated heterocycles. The number of esters is 3. The maximum Gasteiger partial charge on any atom is 0.472 e. The first-order valence-electron chi connectivity index (χ1n) is 29.3. The summed E-state index contributed by atoms with van der Waals surface area (Å²) in [6.07, 6.45) is 45.1. The fraction of sp³-hybridized carbons (Fsp3) is 0.842. The number of ether oxygens (including phenoxy) is 3. The highest BCUT2D eigenvalue weighted by molar-refractivity contribution is 7.47. The van der Waals surface area contributed by atoms with Gasteiger partial charge in [0.05, 0.1) is 26.4 Å². The number of hydrogen-bond donors (Lipinski definition) is 4. The van der Waals surface area contributed by atoms with Gasteiger partial charge < -0.3 is 34.2 Å². The maximum atomic E-state index is 12.8. The molecule has 0 spiro atoms. The van der Waals surface area contributed by atoms with Gasteiger partial charge in [-0.25, -0.2) is 9.13 Å². The Bertz CT molecular complexity index is 1540. The number of hydrogen-bond acceptors (Lipinski definition) is 14. The quantitative estimate of drug-likeness (QED) is 0.0146. The minimum absolute atomic E-state index is 0.0959. The largest absolute Gasteiger partial charge is 0.472 e. The van der Waals surface area contributed by atoms with Gasteiger partial charge in [0.1, 0.15) is 25.4 Å². The van der Waals surface area contributed by atoms with E-state index in [9.17, 15) is 43.5 Å². The smallest absolute Gasteiger partial charge is 0.463 e. The molecule has 0 aromatic rings. The lowest BCUT2D eigenvalue weighted by Crippen LogP contribution is -2.30. The lowest BCUT2D eigenvalue weighted by molar-refractivity contribution is -0.161. The molecule has 0 aliphatic carbocycles. The molecule has 0 aromatic carbocycles. The fourth-order valence-electron chi connectivity index (χ4n) is 7.72. The SMILES string of the molecule is CCCC/C=C\CCCCCCCC(=O)OC(COC(=O)CCCCCCC/C=C\CCCCCC)COP(=O)(O)OCC(O)COP(=O)(O)OCC(O)COC(=O)CCCCCCC/C=C\CCCCCCCC. The minimum atomic E-state index is -4.91. The van der Waals surface area contributed by atoms with E-state index in [2.05, 4.69) is 57.2 Å². The Morgan fingerprint density at radius 1 is 0.360 bits per heavy atom. The Morgan fingerprint density at radius 3 is 1.03 bits per heavy atom. The van der Waals surface area contributed by atoms with Gasteiger partial charge in [0.15, 0.2) is 6.10 Å². The molecule has 0 fully saturated rings. The zero-order valence-electron chi connectivity index (χ0n) is 47.0. The summed E-state index contributed by atoms with van der Waals surface area (Å²) in [5.41, 5.74) is 0. The van der Waals surface area contributed by atoms with Crippen LogP contribution in [0.3, 0.4) is 0 Å². The third-order valence-electron chi connectivity index (χ3n) is 12.3. The monoisotopic (exact) mass is 1110 g/mol. The summed E-state index contributed by atoms with van der Waals surface area (Å²) >= 11 is 0. The molecule has 0 aliphatic heterocycles. The maximum absolute atomic E-state index is 12.8. The molecule has 4 N–H and O–H groups in total. The van der Waals surface area contributed by atoms with Crippen molar-refractivity contribution in [2.24, 2.45) is 0 Å². The van der Waals surface area contributed by atoms with Crippen LogP contribution in [0.25, 0.3) is 0 Å². The van der Waals surface area contributed by atoms with E-state index < -0.39 is 91.5 Å². The van der Waals surface area contributed by atoms with Crippen molar-refractivity contribution in [3.05, 3.63) is 36.5 Å². The molecule has 0 radical (unpaired) electrons. The summed E-state index contributed by atoms with van der Waals surface area (Å²) < 4.78 is 60.5. The molecule has 75 heavy (non-hydrogen) atoms. The van der Waals surface area contributed by atoms with E-state index in [-0.39, 0.29) is 19.3 Å². The Kier molecular flexibility index (Phi) is 50.9. The number of allylic oxidation sites excluding steroid dienone is 6. The van der Waals surface area contributed by atoms with Crippen LogP contribution in [0.1, 0.15) is 252 Å². The molecule has 5 atom stereocenters. The van der Waals surface area contributed by atoms with Crippen molar-refractivity contribution in [2.45, 2.75) is 270 Å². The average molecular weight is 1110 g/mol. The number of phosphoric ester groups is 2. The highest BCUT2D eigenvalue weighted by Crippen LogP contribution is 2.45. The molecule has 0 saturated carbocycles. The zero-order chi connectivity index (χ0) is 55.4. The van der Waals surface area contributed by atoms with Crippen LogP contribution < -0.4 is 0 Å². The van der Waals surface area contributed by atoms with Gasteiger partial charge in [0.2, 0.25) is 0 Å². The van der Waals surface area contributed by atoms with Gasteiger partial charge >= 0.3 is 33.6 Å². The Balaban J connectivity index is 4.65. The topological polar surface area (TPSA) is 231 Å². The number of phosphoric acid groups is 2. The lowest BCUT2D eigenvalue weighted by Gasteiger charge is -2.21. The predicted octanol–water partition coefficient (Wildman–Crippen LogP) is 14.7. The molecule has 0 amide bonds. The van der Waals surface area contributed by atoms with Crippen LogP contribution in [-0.4, -0.2) is 95.9 Å². The van der Waals surface area contributed by atoms with E-state index in [4.69, 9.17) is 32.3 Å². The molecule has 5 unspecified atom stereocenters. The first kappa shape index (κ1) is 72.8. The molecule has 0 heterocycles. The van der Waals surface area contributed by atoms with E-state index in [1.807, 2.05) is 0 Å². The third kappa shape index (κ3) is 53.6. The Morgan fingerprint density at radius 2 is 0.640 bits per heavy atom. The van der Waals surface area contributed by atoms with Crippen molar-refractivity contribution in [2.75, 3.05) is 39.6 Å². The van der Waals surface area contributed by atoms with Gasteiger partial charge in [-0.2, -0.15) is 0 Å². The second-order valence-electron chi connectivity index (χ2n) is 19.8. The second kappa shape index (κ2) is 52.5. The van der Waals surface area contributed by atoms with Crippen molar-refractivity contribution in [1.82, 2.24) is 0 Å². The number of unbranched alkanes of at least 4 members (excludes halogenated alkanes) is 27. The molecule has 440 valence electrons. The standard InChI is InChI=1S/C57H106O16P2/c1-4-7-10-13-16-19-22-24-25-27-30-31-34-37-40-43-55(60)67-46-52(58)47-69-74(63,64)70-48-53(59)49-71-75(65,66)72-51-54(73-57(62)45-42-39-36-33-28-21-18-15-12-9-6-3)50-68-56(61)44-41-38-35-32-29-26-23-20-17-14-11-8-5-2/h15,18,20,23-25,52-54,58-59H,4-14,16-17,19,21-22,26-51H2,1-3H3,(H,63,64)(H,65,66)/b18-15-,23-20-,25-24-.